The zero-order valence-corrected chi connectivity index (χ0v) is 38.4. The Morgan fingerprint density at radius 1 is 0.364 bits per heavy atom. The standard InChI is InChI=1S/C62H52N4/c1-40-36-42(3)57(43(4)37-40)59(58-44(5)38-41(2)39-45(58)6)49-30-34-52(35-31-49)66(51-32-28-48(29-33-51)54-25-16-15-24-53(54)46-18-9-7-10-19-46)62-64-60(50-21-11-8-12-22-50)63-61(65-62)56-27-17-23-47-20-13-14-26-55(47)56/h7-39,59H,1-6H3. The molecule has 0 unspecified atom stereocenters. The van der Waals surface area contributed by atoms with E-state index in [1.54, 1.807) is 0 Å². The van der Waals surface area contributed by atoms with E-state index in [1.807, 2.05) is 18.2 Å². The molecule has 0 spiro atoms. The molecule has 0 aliphatic carbocycles. The van der Waals surface area contributed by atoms with Gasteiger partial charge in [0.15, 0.2) is 11.6 Å². The lowest BCUT2D eigenvalue weighted by atomic mass is 9.77. The predicted octanol–water partition coefficient (Wildman–Crippen LogP) is 16.2. The number of rotatable bonds is 10. The summed E-state index contributed by atoms with van der Waals surface area (Å²) in [6, 6.07) is 71.4. The Hall–Kier alpha value is -7.95. The first-order valence-electron chi connectivity index (χ1n) is 22.8. The first-order chi connectivity index (χ1) is 32.2. The van der Waals surface area contributed by atoms with Gasteiger partial charge in [0.2, 0.25) is 5.95 Å². The van der Waals surface area contributed by atoms with Crippen LogP contribution in [0.25, 0.3) is 55.8 Å². The summed E-state index contributed by atoms with van der Waals surface area (Å²) in [6.45, 7) is 13.4. The third-order valence-electron chi connectivity index (χ3n) is 12.9. The molecule has 0 fully saturated rings. The second-order valence-electron chi connectivity index (χ2n) is 17.6. The molecule has 320 valence electrons. The van der Waals surface area contributed by atoms with Crippen molar-refractivity contribution >= 4 is 28.1 Å². The second kappa shape index (κ2) is 17.9. The van der Waals surface area contributed by atoms with Crippen molar-refractivity contribution in [1.82, 2.24) is 15.0 Å². The summed E-state index contributed by atoms with van der Waals surface area (Å²) in [5.74, 6) is 1.79. The smallest absolute Gasteiger partial charge is 0.238 e. The van der Waals surface area contributed by atoms with Crippen molar-refractivity contribution in [2.24, 2.45) is 0 Å². The fraction of sp³-hybridized carbons (Fsp3) is 0.113. The van der Waals surface area contributed by atoms with Gasteiger partial charge in [0, 0.05) is 28.4 Å². The molecular weight excluding hydrogens is 801 g/mol. The maximum atomic E-state index is 5.39. The SMILES string of the molecule is Cc1cc(C)c(C(c2ccc(N(c3ccc(-c4ccccc4-c4ccccc4)cc3)c3nc(-c4ccccc4)nc(-c4cccc5ccccc45)n3)cc2)c2c(C)cc(C)cc2C)c(C)c1. The highest BCUT2D eigenvalue weighted by Gasteiger charge is 2.26. The summed E-state index contributed by atoms with van der Waals surface area (Å²) >= 11 is 0. The van der Waals surface area contributed by atoms with Crippen molar-refractivity contribution in [1.29, 1.82) is 0 Å². The van der Waals surface area contributed by atoms with Gasteiger partial charge in [-0.25, -0.2) is 4.98 Å². The van der Waals surface area contributed by atoms with Crippen LogP contribution >= 0.6 is 0 Å². The lowest BCUT2D eigenvalue weighted by Gasteiger charge is -2.28. The van der Waals surface area contributed by atoms with Crippen LogP contribution in [0, 0.1) is 41.5 Å². The molecule has 1 heterocycles. The Labute approximate surface area is 389 Å². The highest BCUT2D eigenvalue weighted by molar-refractivity contribution is 5.95. The molecule has 0 atom stereocenters. The van der Waals surface area contributed by atoms with Crippen molar-refractivity contribution in [3.8, 4) is 45.0 Å². The molecule has 1 aromatic heterocycles. The molecule has 9 aromatic carbocycles. The Morgan fingerprint density at radius 3 is 1.38 bits per heavy atom. The fourth-order valence-electron chi connectivity index (χ4n) is 10.1. The van der Waals surface area contributed by atoms with Gasteiger partial charge in [-0.3, -0.25) is 4.90 Å². The Bertz CT molecular complexity index is 3250. The number of hydrogen-bond donors (Lipinski definition) is 0. The van der Waals surface area contributed by atoms with Crippen LogP contribution in [0.1, 0.15) is 56.0 Å². The molecular formula is C62H52N4. The molecule has 4 nitrogen and oxygen atoms in total. The van der Waals surface area contributed by atoms with E-state index in [0.717, 1.165) is 38.8 Å². The molecule has 66 heavy (non-hydrogen) atoms. The summed E-state index contributed by atoms with van der Waals surface area (Å²) in [5, 5.41) is 2.22. The van der Waals surface area contributed by atoms with Crippen molar-refractivity contribution in [3.05, 3.63) is 250 Å². The van der Waals surface area contributed by atoms with Crippen LogP contribution < -0.4 is 4.90 Å². The van der Waals surface area contributed by atoms with Gasteiger partial charge in [-0.1, -0.05) is 187 Å². The maximum Gasteiger partial charge on any atom is 0.238 e. The minimum absolute atomic E-state index is 0.0393. The quantitative estimate of drug-likeness (QED) is 0.129. The monoisotopic (exact) mass is 852 g/mol. The lowest BCUT2D eigenvalue weighted by Crippen LogP contribution is -2.16. The van der Waals surface area contributed by atoms with Gasteiger partial charge < -0.3 is 0 Å². The van der Waals surface area contributed by atoms with Crippen LogP contribution in [-0.2, 0) is 0 Å². The van der Waals surface area contributed by atoms with Gasteiger partial charge in [0.1, 0.15) is 0 Å². The average molecular weight is 853 g/mol. The summed E-state index contributed by atoms with van der Waals surface area (Å²) in [4.78, 5) is 18.1. The third-order valence-corrected chi connectivity index (χ3v) is 12.9. The second-order valence-corrected chi connectivity index (χ2v) is 17.6. The van der Waals surface area contributed by atoms with E-state index in [1.165, 1.54) is 66.8 Å². The van der Waals surface area contributed by atoms with Crippen LogP contribution in [0.2, 0.25) is 0 Å². The van der Waals surface area contributed by atoms with Gasteiger partial charge in [-0.15, -0.1) is 0 Å². The number of benzene rings is 9. The largest absolute Gasteiger partial charge is 0.279 e. The van der Waals surface area contributed by atoms with E-state index in [4.69, 9.17) is 15.0 Å². The van der Waals surface area contributed by atoms with Crippen LogP contribution in [0.3, 0.4) is 0 Å². The van der Waals surface area contributed by atoms with E-state index in [9.17, 15) is 0 Å². The van der Waals surface area contributed by atoms with Crippen molar-refractivity contribution in [3.63, 3.8) is 0 Å². The zero-order chi connectivity index (χ0) is 45.3. The summed E-state index contributed by atoms with van der Waals surface area (Å²) in [7, 11) is 0. The van der Waals surface area contributed by atoms with Crippen LogP contribution in [-0.4, -0.2) is 15.0 Å². The number of hydrogen-bond acceptors (Lipinski definition) is 4. The topological polar surface area (TPSA) is 41.9 Å². The number of aryl methyl sites for hydroxylation is 6. The number of aromatic nitrogens is 3. The maximum absolute atomic E-state index is 5.39. The highest BCUT2D eigenvalue weighted by Crippen LogP contribution is 2.43. The van der Waals surface area contributed by atoms with Gasteiger partial charge in [0.25, 0.3) is 0 Å². The molecule has 0 bridgehead atoms. The summed E-state index contributed by atoms with van der Waals surface area (Å²) < 4.78 is 0. The molecule has 0 aliphatic rings. The van der Waals surface area contributed by atoms with Gasteiger partial charge in [-0.2, -0.15) is 9.97 Å². The molecule has 4 heteroatoms. The predicted molar refractivity (Wildman–Crippen MR) is 276 cm³/mol. The molecule has 10 aromatic rings. The minimum Gasteiger partial charge on any atom is -0.279 e. The lowest BCUT2D eigenvalue weighted by molar-refractivity contribution is 0.919. The van der Waals surface area contributed by atoms with Gasteiger partial charge in [-0.05, 0) is 138 Å². The average Bonchev–Trinajstić information content (AvgIpc) is 3.34. The van der Waals surface area contributed by atoms with E-state index in [-0.39, 0.29) is 5.92 Å². The Balaban J connectivity index is 1.17. The van der Waals surface area contributed by atoms with Gasteiger partial charge >= 0.3 is 0 Å². The minimum atomic E-state index is 0.0393. The number of nitrogens with zero attached hydrogens (tertiary/aromatic N) is 4. The normalized spacial score (nSPS) is 11.3. The first-order valence-corrected chi connectivity index (χ1v) is 22.8. The van der Waals surface area contributed by atoms with Crippen molar-refractivity contribution in [2.75, 3.05) is 4.90 Å². The fourth-order valence-corrected chi connectivity index (χ4v) is 10.1. The van der Waals surface area contributed by atoms with Crippen LogP contribution in [0.15, 0.2) is 200 Å². The van der Waals surface area contributed by atoms with E-state index in [0.29, 0.717) is 17.6 Å². The van der Waals surface area contributed by atoms with Gasteiger partial charge in [0.05, 0.1) is 0 Å². The molecule has 0 N–H and O–H groups in total. The molecule has 0 saturated carbocycles. The van der Waals surface area contributed by atoms with E-state index in [2.05, 4.69) is 228 Å². The van der Waals surface area contributed by atoms with Crippen LogP contribution in [0.5, 0.6) is 0 Å². The van der Waals surface area contributed by atoms with E-state index >= 15 is 0 Å². The van der Waals surface area contributed by atoms with Crippen molar-refractivity contribution in [2.45, 2.75) is 47.5 Å². The van der Waals surface area contributed by atoms with Crippen molar-refractivity contribution < 1.29 is 0 Å². The summed E-state index contributed by atoms with van der Waals surface area (Å²) in [6.07, 6.45) is 0. The highest BCUT2D eigenvalue weighted by atomic mass is 15.3. The molecule has 10 rings (SSSR count). The van der Waals surface area contributed by atoms with E-state index < -0.39 is 0 Å². The number of fused-ring (bicyclic) bond motifs is 1. The molecule has 0 radical (unpaired) electrons. The molecule has 0 saturated heterocycles. The third kappa shape index (κ3) is 8.19. The van der Waals surface area contributed by atoms with Crippen LogP contribution in [0.4, 0.5) is 17.3 Å². The Kier molecular flexibility index (Phi) is 11.4. The zero-order valence-electron chi connectivity index (χ0n) is 38.4. The first kappa shape index (κ1) is 42.0. The molecule has 0 amide bonds. The molecule has 0 aliphatic heterocycles. The Morgan fingerprint density at radius 2 is 0.803 bits per heavy atom. The number of anilines is 3. The summed E-state index contributed by atoms with van der Waals surface area (Å²) in [5.41, 5.74) is 20.1.